The van der Waals surface area contributed by atoms with E-state index in [-0.39, 0.29) is 0 Å². The van der Waals surface area contributed by atoms with Crippen LogP contribution in [0.25, 0.3) is 0 Å². The van der Waals surface area contributed by atoms with Gasteiger partial charge >= 0.3 is 0 Å². The van der Waals surface area contributed by atoms with Crippen molar-refractivity contribution in [2.24, 2.45) is 0 Å². The molecule has 1 aliphatic carbocycles. The Bertz CT molecular complexity index is 79.6. The molecule has 1 rings (SSSR count). The molecule has 0 aromatic carbocycles. The third kappa shape index (κ3) is 2.15. The summed E-state index contributed by atoms with van der Waals surface area (Å²) in [5.74, 6) is 0. The molecule has 1 N–H and O–H groups in total. The van der Waals surface area contributed by atoms with Gasteiger partial charge in [-0.3, -0.25) is 4.72 Å². The van der Waals surface area contributed by atoms with Crippen molar-refractivity contribution in [1.82, 2.24) is 4.72 Å². The topological polar surface area (TPSA) is 21.3 Å². The Hall–Kier alpha value is 0.270. The molecule has 0 aromatic heterocycles. The number of nitrogens with one attached hydrogen (secondary N) is 1. The van der Waals surface area contributed by atoms with Crippen LogP contribution in [-0.2, 0) is 4.74 Å². The first kappa shape index (κ1) is 8.37. The average Bonchev–Trinajstić information content (AvgIpc) is 2.05. The second-order valence-corrected chi connectivity index (χ2v) is 3.10. The minimum absolute atomic E-state index is 0.498. The smallest absolute Gasteiger partial charge is 0.0572 e. The summed E-state index contributed by atoms with van der Waals surface area (Å²) in [5.41, 5.74) is 0. The zero-order chi connectivity index (χ0) is 7.40. The van der Waals surface area contributed by atoms with Crippen molar-refractivity contribution in [3.05, 3.63) is 0 Å². The first-order valence-corrected chi connectivity index (χ1v) is 4.24. The second kappa shape index (κ2) is 4.21. The second-order valence-electron chi connectivity index (χ2n) is 2.84. The summed E-state index contributed by atoms with van der Waals surface area (Å²) in [6.07, 6.45) is 5.24. The summed E-state index contributed by atoms with van der Waals surface area (Å²) >= 11 is 4.03. The van der Waals surface area contributed by atoms with Crippen molar-refractivity contribution in [2.45, 2.75) is 37.8 Å². The summed E-state index contributed by atoms with van der Waals surface area (Å²) in [5, 5.41) is 0. The van der Waals surface area contributed by atoms with Crippen LogP contribution in [0.1, 0.15) is 25.7 Å². The monoisotopic (exact) mass is 161 g/mol. The summed E-state index contributed by atoms with van der Waals surface area (Å²) in [6, 6.07) is 0.606. The highest BCUT2D eigenvalue weighted by molar-refractivity contribution is 7.78. The Morgan fingerprint density at radius 2 is 1.90 bits per heavy atom. The van der Waals surface area contributed by atoms with Crippen LogP contribution in [0.4, 0.5) is 0 Å². The van der Waals surface area contributed by atoms with Crippen LogP contribution in [-0.4, -0.2) is 19.3 Å². The van der Waals surface area contributed by atoms with E-state index in [4.69, 9.17) is 4.74 Å². The van der Waals surface area contributed by atoms with Crippen molar-refractivity contribution in [1.29, 1.82) is 0 Å². The van der Waals surface area contributed by atoms with Crippen molar-refractivity contribution in [3.8, 4) is 0 Å². The molecule has 0 saturated heterocycles. The van der Waals surface area contributed by atoms with Gasteiger partial charge in [-0.25, -0.2) is 0 Å². The van der Waals surface area contributed by atoms with Gasteiger partial charge < -0.3 is 4.74 Å². The predicted octanol–water partition coefficient (Wildman–Crippen LogP) is 1.38. The summed E-state index contributed by atoms with van der Waals surface area (Å²) in [6.45, 7) is 0. The maximum Gasteiger partial charge on any atom is 0.0572 e. The van der Waals surface area contributed by atoms with Crippen molar-refractivity contribution in [2.75, 3.05) is 7.11 Å². The number of hydrogen-bond donors (Lipinski definition) is 2. The van der Waals surface area contributed by atoms with E-state index in [1.807, 2.05) is 0 Å². The zero-order valence-corrected chi connectivity index (χ0v) is 7.23. The highest BCUT2D eigenvalue weighted by Crippen LogP contribution is 2.20. The quantitative estimate of drug-likeness (QED) is 0.597. The fourth-order valence-electron chi connectivity index (χ4n) is 1.43. The van der Waals surface area contributed by atoms with Gasteiger partial charge in [-0.2, -0.15) is 0 Å². The molecule has 0 atom stereocenters. The van der Waals surface area contributed by atoms with Gasteiger partial charge in [0.05, 0.1) is 6.10 Å². The highest BCUT2D eigenvalue weighted by atomic mass is 32.1. The Morgan fingerprint density at radius 1 is 1.30 bits per heavy atom. The van der Waals surface area contributed by atoms with Gasteiger partial charge in [-0.15, -0.1) is 0 Å². The summed E-state index contributed by atoms with van der Waals surface area (Å²) in [4.78, 5) is 0. The molecule has 0 aromatic rings. The SMILES string of the molecule is COC1CCC(NS)CC1. The van der Waals surface area contributed by atoms with E-state index in [0.717, 1.165) is 0 Å². The first-order chi connectivity index (χ1) is 4.86. The number of ether oxygens (including phenoxy) is 1. The van der Waals surface area contributed by atoms with Crippen molar-refractivity contribution in [3.63, 3.8) is 0 Å². The van der Waals surface area contributed by atoms with Crippen LogP contribution in [0.3, 0.4) is 0 Å². The molecule has 0 aliphatic heterocycles. The van der Waals surface area contributed by atoms with Gasteiger partial charge in [0.1, 0.15) is 0 Å². The number of methoxy groups -OCH3 is 1. The van der Waals surface area contributed by atoms with Crippen LogP contribution >= 0.6 is 12.8 Å². The Labute approximate surface area is 67.9 Å². The van der Waals surface area contributed by atoms with E-state index in [1.54, 1.807) is 7.11 Å². The third-order valence-corrected chi connectivity index (χ3v) is 2.56. The van der Waals surface area contributed by atoms with Crippen LogP contribution in [0.15, 0.2) is 0 Å². The van der Waals surface area contributed by atoms with Crippen molar-refractivity contribution < 1.29 is 4.74 Å². The maximum atomic E-state index is 5.23. The Kier molecular flexibility index (Phi) is 3.52. The molecule has 0 unspecified atom stereocenters. The third-order valence-electron chi connectivity index (χ3n) is 2.19. The Balaban J connectivity index is 2.17. The maximum absolute atomic E-state index is 5.23. The molecular weight excluding hydrogens is 146 g/mol. The fourth-order valence-corrected chi connectivity index (χ4v) is 1.69. The number of thiol groups is 1. The molecule has 0 radical (unpaired) electrons. The van der Waals surface area contributed by atoms with E-state index in [0.29, 0.717) is 12.1 Å². The lowest BCUT2D eigenvalue weighted by Gasteiger charge is -2.26. The molecule has 1 fully saturated rings. The molecule has 0 spiro atoms. The molecule has 2 nitrogen and oxygen atoms in total. The standard InChI is InChI=1S/C7H15NOS/c1-9-7-4-2-6(8-10)3-5-7/h6-8,10H,2-5H2,1H3. The van der Waals surface area contributed by atoms with Crippen LogP contribution in [0.2, 0.25) is 0 Å². The minimum Gasteiger partial charge on any atom is -0.381 e. The van der Waals surface area contributed by atoms with Crippen LogP contribution < -0.4 is 4.72 Å². The van der Waals surface area contributed by atoms with Gasteiger partial charge in [0.15, 0.2) is 0 Å². The van der Waals surface area contributed by atoms with Crippen LogP contribution in [0, 0.1) is 0 Å². The summed E-state index contributed by atoms with van der Waals surface area (Å²) < 4.78 is 8.22. The largest absolute Gasteiger partial charge is 0.381 e. The van der Waals surface area contributed by atoms with E-state index >= 15 is 0 Å². The molecule has 0 amide bonds. The number of hydrogen-bond acceptors (Lipinski definition) is 3. The molecule has 1 aliphatic rings. The van der Waals surface area contributed by atoms with Gasteiger partial charge in [-0.05, 0) is 25.7 Å². The van der Waals surface area contributed by atoms with E-state index in [1.165, 1.54) is 25.7 Å². The summed E-state index contributed by atoms with van der Waals surface area (Å²) in [7, 11) is 1.79. The molecule has 10 heavy (non-hydrogen) atoms. The lowest BCUT2D eigenvalue weighted by Crippen LogP contribution is -2.30. The molecule has 0 heterocycles. The lowest BCUT2D eigenvalue weighted by molar-refractivity contribution is 0.0652. The molecule has 1 saturated carbocycles. The van der Waals surface area contributed by atoms with Crippen molar-refractivity contribution >= 4 is 12.8 Å². The van der Waals surface area contributed by atoms with E-state index in [2.05, 4.69) is 17.5 Å². The zero-order valence-electron chi connectivity index (χ0n) is 6.34. The van der Waals surface area contributed by atoms with Crippen LogP contribution in [0.5, 0.6) is 0 Å². The van der Waals surface area contributed by atoms with Gasteiger partial charge in [0.2, 0.25) is 0 Å². The minimum atomic E-state index is 0.498. The fraction of sp³-hybridized carbons (Fsp3) is 1.00. The molecule has 3 heteroatoms. The molecular formula is C7H15NOS. The molecule has 0 bridgehead atoms. The van der Waals surface area contributed by atoms with Gasteiger partial charge in [0, 0.05) is 13.2 Å². The van der Waals surface area contributed by atoms with E-state index < -0.39 is 0 Å². The van der Waals surface area contributed by atoms with Gasteiger partial charge in [0.25, 0.3) is 0 Å². The lowest BCUT2D eigenvalue weighted by atomic mass is 9.94. The van der Waals surface area contributed by atoms with Gasteiger partial charge in [-0.1, -0.05) is 12.8 Å². The predicted molar refractivity (Wildman–Crippen MR) is 45.2 cm³/mol. The normalized spacial score (nSPS) is 34.2. The average molecular weight is 161 g/mol. The molecule has 60 valence electrons. The number of rotatable bonds is 2. The first-order valence-electron chi connectivity index (χ1n) is 3.79. The Morgan fingerprint density at radius 3 is 2.30 bits per heavy atom. The highest BCUT2D eigenvalue weighted by Gasteiger charge is 2.18. The van der Waals surface area contributed by atoms with E-state index in [9.17, 15) is 0 Å².